The second-order valence-electron chi connectivity index (χ2n) is 18.4. The number of fused-ring (bicyclic) bond motifs is 12. The number of benzene rings is 10. The maximum Gasteiger partial charge on any atom is 0.138 e. The molecule has 3 heterocycles. The topological polar surface area (TPSA) is 21.3 Å². The van der Waals surface area contributed by atoms with Crippen molar-refractivity contribution in [2.45, 2.75) is 19.3 Å². The number of furan rings is 1. The van der Waals surface area contributed by atoms with Crippen molar-refractivity contribution >= 4 is 92.3 Å². The molecule has 67 heavy (non-hydrogen) atoms. The SMILES string of the molecule is CC1(C)c2ccccc2-c2ccc(N(c3ccc(-c4ccccc4)cc3)c3cccc4c5c(-c6ccc7c(c6)sc6ccccc67)c6c(cc5n(-c5ccccc5)c34)oc3ccccc36)cc21. The van der Waals surface area contributed by atoms with Gasteiger partial charge in [0.2, 0.25) is 0 Å². The maximum absolute atomic E-state index is 6.88. The summed E-state index contributed by atoms with van der Waals surface area (Å²) >= 11 is 1.86. The Morgan fingerprint density at radius 2 is 1.10 bits per heavy atom. The average molecular weight is 875 g/mol. The third-order valence-electron chi connectivity index (χ3n) is 14.4. The molecule has 0 bridgehead atoms. The van der Waals surface area contributed by atoms with Crippen molar-refractivity contribution in [3.63, 3.8) is 0 Å². The first kappa shape index (κ1) is 38.1. The van der Waals surface area contributed by atoms with Crippen LogP contribution in [0, 0.1) is 0 Å². The highest BCUT2D eigenvalue weighted by Gasteiger charge is 2.36. The standard InChI is InChI=1S/C63H42N2OS/c1-63(2)51-24-12-9-20-45(51)46-35-33-44(37-52(46)63)64(43-31-28-40(29-32-43)39-16-5-3-6-17-39)53-25-15-23-50-60-54(65(62(50)53)42-18-7-4-8-19-42)38-56-61(49-22-10-13-26-55(49)66-56)59(60)41-30-34-48-47-21-11-14-27-57(47)67-58(48)36-41/h3-38H,1-2H3. The minimum atomic E-state index is -0.170. The van der Waals surface area contributed by atoms with E-state index >= 15 is 0 Å². The van der Waals surface area contributed by atoms with Gasteiger partial charge in [-0.25, -0.2) is 0 Å². The van der Waals surface area contributed by atoms with E-state index in [-0.39, 0.29) is 5.41 Å². The van der Waals surface area contributed by atoms with Crippen molar-refractivity contribution in [1.82, 2.24) is 4.57 Å². The van der Waals surface area contributed by atoms with E-state index in [9.17, 15) is 0 Å². The molecule has 0 aliphatic heterocycles. The van der Waals surface area contributed by atoms with Gasteiger partial charge in [-0.15, -0.1) is 11.3 Å². The lowest BCUT2D eigenvalue weighted by Crippen LogP contribution is -2.17. The van der Waals surface area contributed by atoms with E-state index in [1.807, 2.05) is 11.3 Å². The monoisotopic (exact) mass is 874 g/mol. The number of nitrogens with zero attached hydrogens (tertiary/aromatic N) is 2. The van der Waals surface area contributed by atoms with Gasteiger partial charge >= 0.3 is 0 Å². The quantitative estimate of drug-likeness (QED) is 0.166. The van der Waals surface area contributed by atoms with Gasteiger partial charge in [0.1, 0.15) is 11.2 Å². The molecule has 0 unspecified atom stereocenters. The molecule has 0 N–H and O–H groups in total. The lowest BCUT2D eigenvalue weighted by molar-refractivity contribution is 0.660. The second kappa shape index (κ2) is 14.4. The molecule has 13 aromatic rings. The Kier molecular flexibility index (Phi) is 8.20. The van der Waals surface area contributed by atoms with Gasteiger partial charge in [0.05, 0.1) is 16.7 Å². The normalized spacial score (nSPS) is 13.0. The molecule has 0 saturated heterocycles. The molecule has 14 rings (SSSR count). The van der Waals surface area contributed by atoms with E-state index in [0.717, 1.165) is 55.7 Å². The molecular formula is C63H42N2OS. The zero-order valence-corrected chi connectivity index (χ0v) is 37.8. The molecule has 1 aliphatic rings. The van der Waals surface area contributed by atoms with E-state index in [2.05, 4.69) is 242 Å². The van der Waals surface area contributed by atoms with Crippen molar-refractivity contribution in [2.24, 2.45) is 0 Å². The summed E-state index contributed by atoms with van der Waals surface area (Å²) in [6.07, 6.45) is 0. The molecule has 316 valence electrons. The summed E-state index contributed by atoms with van der Waals surface area (Å²) in [7, 11) is 0. The van der Waals surface area contributed by atoms with Crippen molar-refractivity contribution in [3.05, 3.63) is 230 Å². The molecule has 0 amide bonds. The van der Waals surface area contributed by atoms with Gasteiger partial charge in [-0.1, -0.05) is 166 Å². The lowest BCUT2D eigenvalue weighted by atomic mass is 9.82. The molecule has 0 radical (unpaired) electrons. The molecule has 1 aliphatic carbocycles. The van der Waals surface area contributed by atoms with Crippen molar-refractivity contribution < 1.29 is 4.42 Å². The third kappa shape index (κ3) is 5.63. The van der Waals surface area contributed by atoms with E-state index in [4.69, 9.17) is 4.42 Å². The van der Waals surface area contributed by atoms with Crippen molar-refractivity contribution in [2.75, 3.05) is 4.90 Å². The summed E-state index contributed by atoms with van der Waals surface area (Å²) in [6.45, 7) is 4.73. The Bertz CT molecular complexity index is 4120. The first-order valence-electron chi connectivity index (χ1n) is 23.1. The van der Waals surface area contributed by atoms with Crippen LogP contribution in [-0.2, 0) is 5.41 Å². The fourth-order valence-corrected chi connectivity index (χ4v) is 12.4. The van der Waals surface area contributed by atoms with Crippen LogP contribution in [0.5, 0.6) is 0 Å². The number of thiophene rings is 1. The van der Waals surface area contributed by atoms with Crippen LogP contribution in [0.2, 0.25) is 0 Å². The Hall–Kier alpha value is -8.18. The number of rotatable bonds is 6. The van der Waals surface area contributed by atoms with Gasteiger partial charge in [0.15, 0.2) is 0 Å². The highest BCUT2D eigenvalue weighted by atomic mass is 32.1. The van der Waals surface area contributed by atoms with Crippen LogP contribution in [0.25, 0.3) is 103 Å². The van der Waals surface area contributed by atoms with Crippen molar-refractivity contribution in [1.29, 1.82) is 0 Å². The number of anilines is 3. The summed E-state index contributed by atoms with van der Waals surface area (Å²) in [5.74, 6) is 0. The second-order valence-corrected chi connectivity index (χ2v) is 19.5. The maximum atomic E-state index is 6.88. The predicted molar refractivity (Wildman–Crippen MR) is 284 cm³/mol. The highest BCUT2D eigenvalue weighted by molar-refractivity contribution is 7.25. The minimum absolute atomic E-state index is 0.170. The van der Waals surface area contributed by atoms with Gasteiger partial charge in [0, 0.05) is 75.8 Å². The number of para-hydroxylation sites is 3. The Balaban J connectivity index is 1.10. The largest absolute Gasteiger partial charge is 0.456 e. The van der Waals surface area contributed by atoms with Gasteiger partial charge in [-0.05, 0) is 99.6 Å². The molecule has 10 aromatic carbocycles. The van der Waals surface area contributed by atoms with E-state index in [0.29, 0.717) is 0 Å². The molecule has 4 heteroatoms. The number of aromatic nitrogens is 1. The highest BCUT2D eigenvalue weighted by Crippen LogP contribution is 2.53. The minimum Gasteiger partial charge on any atom is -0.456 e. The molecule has 3 aromatic heterocycles. The van der Waals surface area contributed by atoms with Crippen LogP contribution < -0.4 is 4.90 Å². The molecular weight excluding hydrogens is 833 g/mol. The Morgan fingerprint density at radius 1 is 0.448 bits per heavy atom. The first-order chi connectivity index (χ1) is 33.0. The van der Waals surface area contributed by atoms with E-state index in [1.54, 1.807) is 0 Å². The Labute approximate surface area is 392 Å². The number of hydrogen-bond donors (Lipinski definition) is 0. The lowest BCUT2D eigenvalue weighted by Gasteiger charge is -2.29. The number of hydrogen-bond acceptors (Lipinski definition) is 3. The van der Waals surface area contributed by atoms with Crippen molar-refractivity contribution in [3.8, 4) is 39.1 Å². The molecule has 0 atom stereocenters. The summed E-state index contributed by atoms with van der Waals surface area (Å²) in [5, 5.41) is 7.21. The zero-order valence-electron chi connectivity index (χ0n) is 37.0. The smallest absolute Gasteiger partial charge is 0.138 e. The van der Waals surface area contributed by atoms with Gasteiger partial charge in [0.25, 0.3) is 0 Å². The van der Waals surface area contributed by atoms with E-state index in [1.165, 1.54) is 75.5 Å². The summed E-state index contributed by atoms with van der Waals surface area (Å²) in [5.41, 5.74) is 18.2. The van der Waals surface area contributed by atoms with Crippen LogP contribution in [0.3, 0.4) is 0 Å². The summed E-state index contributed by atoms with van der Waals surface area (Å²) in [4.78, 5) is 2.48. The van der Waals surface area contributed by atoms with Gasteiger partial charge in [-0.2, -0.15) is 0 Å². The van der Waals surface area contributed by atoms with Gasteiger partial charge in [-0.3, -0.25) is 0 Å². The molecule has 0 spiro atoms. The third-order valence-corrected chi connectivity index (χ3v) is 15.5. The fourth-order valence-electron chi connectivity index (χ4n) is 11.3. The predicted octanol–water partition coefficient (Wildman–Crippen LogP) is 18.2. The first-order valence-corrected chi connectivity index (χ1v) is 23.9. The molecule has 0 fully saturated rings. The van der Waals surface area contributed by atoms with Crippen LogP contribution >= 0.6 is 11.3 Å². The van der Waals surface area contributed by atoms with Crippen LogP contribution in [0.4, 0.5) is 17.1 Å². The van der Waals surface area contributed by atoms with E-state index < -0.39 is 0 Å². The molecule has 3 nitrogen and oxygen atoms in total. The average Bonchev–Trinajstić information content (AvgIpc) is 4.10. The fraction of sp³-hybridized carbons (Fsp3) is 0.0476. The summed E-state index contributed by atoms with van der Waals surface area (Å²) in [6, 6.07) is 80.1. The summed E-state index contributed by atoms with van der Waals surface area (Å²) < 4.78 is 11.9. The molecule has 0 saturated carbocycles. The van der Waals surface area contributed by atoms with Crippen LogP contribution in [0.15, 0.2) is 223 Å². The van der Waals surface area contributed by atoms with Gasteiger partial charge < -0.3 is 13.9 Å². The Morgan fingerprint density at radius 3 is 1.96 bits per heavy atom. The van der Waals surface area contributed by atoms with Crippen LogP contribution in [0.1, 0.15) is 25.0 Å². The zero-order chi connectivity index (χ0) is 44.4. The van der Waals surface area contributed by atoms with Crippen LogP contribution in [-0.4, -0.2) is 4.57 Å².